The van der Waals surface area contributed by atoms with Gasteiger partial charge in [0.15, 0.2) is 0 Å². The fourth-order valence-corrected chi connectivity index (χ4v) is 5.42. The van der Waals surface area contributed by atoms with E-state index >= 15 is 0 Å². The Hall–Kier alpha value is -3.76. The lowest BCUT2D eigenvalue weighted by Crippen LogP contribution is -2.52. The highest BCUT2D eigenvalue weighted by Crippen LogP contribution is 2.30. The predicted molar refractivity (Wildman–Crippen MR) is 142 cm³/mol. The number of rotatable bonds is 5. The van der Waals surface area contributed by atoms with E-state index in [0.717, 1.165) is 24.1 Å². The number of urea groups is 1. The fraction of sp³-hybridized carbons (Fsp3) is 0.429. The number of nitrogens with one attached hydrogen (secondary N) is 5. The number of piperidine rings is 1. The van der Waals surface area contributed by atoms with Gasteiger partial charge in [-0.05, 0) is 67.5 Å². The third-order valence-corrected chi connectivity index (χ3v) is 7.61. The van der Waals surface area contributed by atoms with Crippen LogP contribution in [0.3, 0.4) is 0 Å². The molecule has 0 aromatic heterocycles. The quantitative estimate of drug-likeness (QED) is 0.387. The van der Waals surface area contributed by atoms with Gasteiger partial charge in [0.2, 0.25) is 11.8 Å². The molecule has 200 valence electrons. The van der Waals surface area contributed by atoms with Crippen LogP contribution >= 0.6 is 0 Å². The molecule has 2 fully saturated rings. The SMILES string of the molecule is CC1CNNC(c2ccc(C(C)(C)NC(=O)Nc3ccc4c(c3)CN(C3CCC(=O)NC3=O)C4=O)cc2)C1. The summed E-state index contributed by atoms with van der Waals surface area (Å²) in [5.41, 5.74) is 9.93. The monoisotopic (exact) mass is 518 g/mol. The second kappa shape index (κ2) is 10.2. The largest absolute Gasteiger partial charge is 0.329 e. The van der Waals surface area contributed by atoms with Crippen molar-refractivity contribution in [2.24, 2.45) is 5.92 Å². The molecule has 5 amide bonds. The van der Waals surface area contributed by atoms with E-state index in [0.29, 0.717) is 23.6 Å². The number of nitrogens with zero attached hydrogens (tertiary/aromatic N) is 1. The average Bonchev–Trinajstić information content (AvgIpc) is 3.19. The van der Waals surface area contributed by atoms with Gasteiger partial charge in [-0.1, -0.05) is 31.2 Å². The van der Waals surface area contributed by atoms with Gasteiger partial charge in [0.25, 0.3) is 5.91 Å². The maximum atomic E-state index is 12.9. The van der Waals surface area contributed by atoms with Gasteiger partial charge in [0, 0.05) is 36.8 Å². The Labute approximate surface area is 221 Å². The highest BCUT2D eigenvalue weighted by atomic mass is 16.2. The molecule has 10 nitrogen and oxygen atoms in total. The lowest BCUT2D eigenvalue weighted by Gasteiger charge is -2.30. The van der Waals surface area contributed by atoms with Crippen molar-refractivity contribution >= 4 is 29.4 Å². The zero-order valence-electron chi connectivity index (χ0n) is 21.9. The first-order valence-electron chi connectivity index (χ1n) is 13.1. The molecule has 3 atom stereocenters. The standard InChI is InChI=1S/C28H34N6O4/c1-16-12-22(33-29-14-16)17-4-6-19(7-5-17)28(2,3)32-27(38)30-20-8-9-21-18(13-20)15-34(26(21)37)23-10-11-24(35)31-25(23)36/h4-9,13,16,22-23,29,33H,10-12,14-15H2,1-3H3,(H2,30,32,38)(H,31,35,36). The number of anilines is 1. The van der Waals surface area contributed by atoms with E-state index in [2.05, 4.69) is 45.9 Å². The second-order valence-corrected chi connectivity index (χ2v) is 11.0. The van der Waals surface area contributed by atoms with Gasteiger partial charge in [0.05, 0.1) is 5.54 Å². The van der Waals surface area contributed by atoms with Crippen LogP contribution in [0, 0.1) is 5.92 Å². The van der Waals surface area contributed by atoms with Gasteiger partial charge >= 0.3 is 6.03 Å². The third-order valence-electron chi connectivity index (χ3n) is 7.61. The molecule has 3 aliphatic rings. The molecule has 0 radical (unpaired) electrons. The Morgan fingerprint density at radius 2 is 1.84 bits per heavy atom. The van der Waals surface area contributed by atoms with Crippen LogP contribution < -0.4 is 26.8 Å². The molecule has 3 unspecified atom stereocenters. The van der Waals surface area contributed by atoms with E-state index in [1.165, 1.54) is 10.5 Å². The minimum absolute atomic E-state index is 0.204. The Morgan fingerprint density at radius 3 is 2.55 bits per heavy atom. The van der Waals surface area contributed by atoms with Gasteiger partial charge in [-0.3, -0.25) is 30.6 Å². The number of amides is 5. The highest BCUT2D eigenvalue weighted by molar-refractivity contribution is 6.05. The molecule has 0 aliphatic carbocycles. The van der Waals surface area contributed by atoms with E-state index in [1.54, 1.807) is 18.2 Å². The zero-order chi connectivity index (χ0) is 27.0. The van der Waals surface area contributed by atoms with Crippen molar-refractivity contribution in [2.75, 3.05) is 11.9 Å². The molecule has 2 saturated heterocycles. The zero-order valence-corrected chi connectivity index (χ0v) is 21.9. The number of carbonyl (C=O) groups is 4. The summed E-state index contributed by atoms with van der Waals surface area (Å²) in [5.74, 6) is -0.416. The number of benzene rings is 2. The molecule has 2 aromatic rings. The van der Waals surface area contributed by atoms with Crippen molar-refractivity contribution < 1.29 is 19.2 Å². The highest BCUT2D eigenvalue weighted by Gasteiger charge is 2.39. The summed E-state index contributed by atoms with van der Waals surface area (Å²) in [6.07, 6.45) is 1.57. The fourth-order valence-electron chi connectivity index (χ4n) is 5.42. The Bertz CT molecular complexity index is 1270. The first kappa shape index (κ1) is 25.9. The molecular weight excluding hydrogens is 484 g/mol. The molecule has 38 heavy (non-hydrogen) atoms. The van der Waals surface area contributed by atoms with E-state index < -0.39 is 17.5 Å². The number of hydrogen-bond acceptors (Lipinski definition) is 6. The van der Waals surface area contributed by atoms with Crippen LogP contribution in [-0.4, -0.2) is 41.2 Å². The Kier molecular flexibility index (Phi) is 6.93. The first-order valence-corrected chi connectivity index (χ1v) is 13.1. The van der Waals surface area contributed by atoms with Crippen LogP contribution in [-0.2, 0) is 21.7 Å². The summed E-state index contributed by atoms with van der Waals surface area (Å²) >= 11 is 0. The Morgan fingerprint density at radius 1 is 1.08 bits per heavy atom. The summed E-state index contributed by atoms with van der Waals surface area (Å²) in [4.78, 5) is 51.0. The van der Waals surface area contributed by atoms with Crippen molar-refractivity contribution in [1.29, 1.82) is 0 Å². The second-order valence-electron chi connectivity index (χ2n) is 11.0. The Balaban J connectivity index is 1.21. The molecule has 3 aliphatic heterocycles. The minimum atomic E-state index is -0.673. The number of hydrogen-bond donors (Lipinski definition) is 5. The van der Waals surface area contributed by atoms with Crippen LogP contribution in [0.4, 0.5) is 10.5 Å². The molecule has 5 rings (SSSR count). The molecule has 0 saturated carbocycles. The molecule has 5 N–H and O–H groups in total. The van der Waals surface area contributed by atoms with Gasteiger partial charge in [-0.2, -0.15) is 0 Å². The number of carbonyl (C=O) groups excluding carboxylic acids is 4. The van der Waals surface area contributed by atoms with Crippen LogP contribution in [0.25, 0.3) is 0 Å². The number of hydrazine groups is 1. The topological polar surface area (TPSA) is 132 Å². The summed E-state index contributed by atoms with van der Waals surface area (Å²) in [5, 5.41) is 8.21. The minimum Gasteiger partial charge on any atom is -0.329 e. The third kappa shape index (κ3) is 5.27. The summed E-state index contributed by atoms with van der Waals surface area (Å²) in [6, 6.07) is 12.6. The van der Waals surface area contributed by atoms with Crippen LogP contribution in [0.5, 0.6) is 0 Å². The number of imide groups is 1. The molecule has 2 aromatic carbocycles. The van der Waals surface area contributed by atoms with Crippen molar-refractivity contribution in [3.05, 3.63) is 64.7 Å². The first-order chi connectivity index (χ1) is 18.1. The molecule has 3 heterocycles. The van der Waals surface area contributed by atoms with Crippen LogP contribution in [0.2, 0.25) is 0 Å². The van der Waals surface area contributed by atoms with E-state index in [4.69, 9.17) is 0 Å². The van der Waals surface area contributed by atoms with Crippen molar-refractivity contribution in [1.82, 2.24) is 26.4 Å². The summed E-state index contributed by atoms with van der Waals surface area (Å²) in [6.45, 7) is 7.33. The smallest absolute Gasteiger partial charge is 0.319 e. The summed E-state index contributed by atoms with van der Waals surface area (Å²) < 4.78 is 0. The average molecular weight is 519 g/mol. The predicted octanol–water partition coefficient (Wildman–Crippen LogP) is 2.68. The van der Waals surface area contributed by atoms with Crippen LogP contribution in [0.15, 0.2) is 42.5 Å². The normalized spacial score (nSPS) is 23.6. The van der Waals surface area contributed by atoms with E-state index in [1.807, 2.05) is 26.0 Å². The van der Waals surface area contributed by atoms with E-state index in [-0.39, 0.29) is 36.9 Å². The number of fused-ring (bicyclic) bond motifs is 1. The van der Waals surface area contributed by atoms with E-state index in [9.17, 15) is 19.2 Å². The molecule has 0 spiro atoms. The van der Waals surface area contributed by atoms with Crippen LogP contribution in [0.1, 0.15) is 73.1 Å². The molecular formula is C28H34N6O4. The lowest BCUT2D eigenvalue weighted by molar-refractivity contribution is -0.136. The van der Waals surface area contributed by atoms with Crippen molar-refractivity contribution in [2.45, 2.75) is 64.2 Å². The van der Waals surface area contributed by atoms with Gasteiger partial charge in [0.1, 0.15) is 6.04 Å². The van der Waals surface area contributed by atoms with Gasteiger partial charge in [-0.25, -0.2) is 4.79 Å². The van der Waals surface area contributed by atoms with Gasteiger partial charge < -0.3 is 15.5 Å². The molecule has 10 heteroatoms. The maximum absolute atomic E-state index is 12.9. The maximum Gasteiger partial charge on any atom is 0.319 e. The lowest BCUT2D eigenvalue weighted by atomic mass is 9.90. The van der Waals surface area contributed by atoms with Crippen molar-refractivity contribution in [3.8, 4) is 0 Å². The summed E-state index contributed by atoms with van der Waals surface area (Å²) in [7, 11) is 0. The van der Waals surface area contributed by atoms with Crippen molar-refractivity contribution in [3.63, 3.8) is 0 Å². The molecule has 0 bridgehead atoms. The van der Waals surface area contributed by atoms with Gasteiger partial charge in [-0.15, -0.1) is 0 Å².